The second-order valence-corrected chi connectivity index (χ2v) is 7.81. The second kappa shape index (κ2) is 6.89. The highest BCUT2D eigenvalue weighted by Gasteiger charge is 2.27. The van der Waals surface area contributed by atoms with E-state index in [2.05, 4.69) is 43.0 Å². The summed E-state index contributed by atoms with van der Waals surface area (Å²) in [6.07, 6.45) is 6.01. The summed E-state index contributed by atoms with van der Waals surface area (Å²) in [5, 5.41) is 1.09. The van der Waals surface area contributed by atoms with Crippen molar-refractivity contribution in [2.45, 2.75) is 18.8 Å². The number of hydrogen-bond acceptors (Lipinski definition) is 7. The smallest absolute Gasteiger partial charge is 0.139 e. The minimum absolute atomic E-state index is 0.590. The molecule has 3 heterocycles. The molecule has 28 heavy (non-hydrogen) atoms. The quantitative estimate of drug-likeness (QED) is 0.695. The van der Waals surface area contributed by atoms with Crippen LogP contribution in [0.3, 0.4) is 0 Å². The zero-order valence-electron chi connectivity index (χ0n) is 16.4. The van der Waals surface area contributed by atoms with Crippen LogP contribution in [0.2, 0.25) is 0 Å². The van der Waals surface area contributed by atoms with Crippen LogP contribution in [0.5, 0.6) is 0 Å². The molecular weight excluding hydrogens is 350 g/mol. The second-order valence-electron chi connectivity index (χ2n) is 7.81. The fourth-order valence-electron chi connectivity index (χ4n) is 3.86. The molecule has 0 N–H and O–H groups in total. The van der Waals surface area contributed by atoms with Gasteiger partial charge in [0.15, 0.2) is 0 Å². The van der Waals surface area contributed by atoms with E-state index in [9.17, 15) is 0 Å². The first-order chi connectivity index (χ1) is 13.7. The molecule has 3 aromatic rings. The van der Waals surface area contributed by atoms with E-state index in [0.29, 0.717) is 5.92 Å². The van der Waals surface area contributed by atoms with Crippen molar-refractivity contribution in [3.63, 3.8) is 0 Å². The third-order valence-corrected chi connectivity index (χ3v) is 5.59. The standard InChI is InChI=1S/C21H25N7/c1-26(2)21-17-13-16(5-6-18(17)23-14-24-21)27-9-11-28(12-10-27)19-7-8-22-20(25-19)15-3-4-15/h5-8,13-15H,3-4,9-12H2,1-2H3. The molecular formula is C21H25N7. The zero-order chi connectivity index (χ0) is 19.1. The van der Waals surface area contributed by atoms with Gasteiger partial charge in [0.25, 0.3) is 0 Å². The van der Waals surface area contributed by atoms with Gasteiger partial charge in [-0.05, 0) is 37.1 Å². The predicted molar refractivity (Wildman–Crippen MR) is 112 cm³/mol. The van der Waals surface area contributed by atoms with Crippen molar-refractivity contribution in [2.75, 3.05) is 55.0 Å². The maximum absolute atomic E-state index is 4.80. The third kappa shape index (κ3) is 3.21. The van der Waals surface area contributed by atoms with Gasteiger partial charge >= 0.3 is 0 Å². The first kappa shape index (κ1) is 17.2. The summed E-state index contributed by atoms with van der Waals surface area (Å²) in [7, 11) is 4.04. The highest BCUT2D eigenvalue weighted by atomic mass is 15.3. The van der Waals surface area contributed by atoms with E-state index in [4.69, 9.17) is 4.98 Å². The number of anilines is 3. The molecule has 0 atom stereocenters. The van der Waals surface area contributed by atoms with Crippen LogP contribution in [0, 0.1) is 0 Å². The van der Waals surface area contributed by atoms with Crippen molar-refractivity contribution in [3.05, 3.63) is 42.6 Å². The highest BCUT2D eigenvalue weighted by Crippen LogP contribution is 2.38. The molecule has 144 valence electrons. The van der Waals surface area contributed by atoms with E-state index < -0.39 is 0 Å². The molecule has 7 nitrogen and oxygen atoms in total. The molecule has 7 heteroatoms. The molecule has 0 amide bonds. The Hall–Kier alpha value is -2.96. The average molecular weight is 375 g/mol. The topological polar surface area (TPSA) is 61.3 Å². The van der Waals surface area contributed by atoms with Crippen LogP contribution < -0.4 is 14.7 Å². The summed E-state index contributed by atoms with van der Waals surface area (Å²) >= 11 is 0. The van der Waals surface area contributed by atoms with Crippen LogP contribution in [-0.4, -0.2) is 60.2 Å². The number of nitrogens with zero attached hydrogens (tertiary/aromatic N) is 7. The van der Waals surface area contributed by atoms with Crippen molar-refractivity contribution in [1.29, 1.82) is 0 Å². The zero-order valence-corrected chi connectivity index (χ0v) is 16.4. The summed E-state index contributed by atoms with van der Waals surface area (Å²) < 4.78 is 0. The van der Waals surface area contributed by atoms with Crippen LogP contribution in [0.1, 0.15) is 24.6 Å². The first-order valence-corrected chi connectivity index (χ1v) is 9.94. The Morgan fingerprint density at radius 1 is 0.929 bits per heavy atom. The van der Waals surface area contributed by atoms with Crippen molar-refractivity contribution in [3.8, 4) is 0 Å². The lowest BCUT2D eigenvalue weighted by molar-refractivity contribution is 0.645. The van der Waals surface area contributed by atoms with E-state index in [0.717, 1.165) is 54.5 Å². The maximum Gasteiger partial charge on any atom is 0.139 e. The molecule has 1 aliphatic heterocycles. The Kier molecular flexibility index (Phi) is 4.22. The van der Waals surface area contributed by atoms with Gasteiger partial charge in [0, 0.05) is 63.5 Å². The van der Waals surface area contributed by atoms with Crippen molar-refractivity contribution in [2.24, 2.45) is 0 Å². The Morgan fingerprint density at radius 3 is 2.46 bits per heavy atom. The maximum atomic E-state index is 4.80. The van der Waals surface area contributed by atoms with Gasteiger partial charge in [0.2, 0.25) is 0 Å². The number of hydrogen-bond donors (Lipinski definition) is 0. The number of aromatic nitrogens is 4. The minimum Gasteiger partial charge on any atom is -0.368 e. The molecule has 0 radical (unpaired) electrons. The Morgan fingerprint density at radius 2 is 1.71 bits per heavy atom. The summed E-state index contributed by atoms with van der Waals surface area (Å²) in [6.45, 7) is 3.87. The largest absolute Gasteiger partial charge is 0.368 e. The number of benzene rings is 1. The normalized spacial score (nSPS) is 17.2. The number of piperazine rings is 1. The third-order valence-electron chi connectivity index (χ3n) is 5.59. The molecule has 0 spiro atoms. The average Bonchev–Trinajstić information content (AvgIpc) is 3.58. The van der Waals surface area contributed by atoms with Crippen molar-refractivity contribution < 1.29 is 0 Å². The first-order valence-electron chi connectivity index (χ1n) is 9.94. The van der Waals surface area contributed by atoms with Gasteiger partial charge in [-0.1, -0.05) is 0 Å². The molecule has 1 aliphatic carbocycles. The van der Waals surface area contributed by atoms with Crippen molar-refractivity contribution >= 4 is 28.2 Å². The van der Waals surface area contributed by atoms with Crippen LogP contribution in [0.15, 0.2) is 36.8 Å². The molecule has 0 bridgehead atoms. The SMILES string of the molecule is CN(C)c1ncnc2ccc(N3CCN(c4ccnc(C5CC5)n4)CC3)cc12. The predicted octanol–water partition coefficient (Wildman–Crippen LogP) is 2.69. The lowest BCUT2D eigenvalue weighted by atomic mass is 10.1. The van der Waals surface area contributed by atoms with Crippen molar-refractivity contribution in [1.82, 2.24) is 19.9 Å². The van der Waals surface area contributed by atoms with Gasteiger partial charge in [0.05, 0.1) is 5.52 Å². The van der Waals surface area contributed by atoms with Crippen LogP contribution in [-0.2, 0) is 0 Å². The molecule has 0 unspecified atom stereocenters. The van der Waals surface area contributed by atoms with Gasteiger partial charge in [-0.2, -0.15) is 0 Å². The number of fused-ring (bicyclic) bond motifs is 1. The fraction of sp³-hybridized carbons (Fsp3) is 0.429. The van der Waals surface area contributed by atoms with E-state index in [1.807, 2.05) is 31.3 Å². The summed E-state index contributed by atoms with van der Waals surface area (Å²) in [5.74, 6) is 3.63. The molecule has 2 aliphatic rings. The van der Waals surface area contributed by atoms with E-state index in [1.54, 1.807) is 6.33 Å². The lowest BCUT2D eigenvalue weighted by Gasteiger charge is -2.37. The molecule has 5 rings (SSSR count). The Balaban J connectivity index is 1.34. The molecule has 1 aromatic carbocycles. The van der Waals surface area contributed by atoms with E-state index in [1.165, 1.54) is 18.5 Å². The molecule has 2 aromatic heterocycles. The highest BCUT2D eigenvalue weighted by molar-refractivity contribution is 5.91. The molecule has 1 saturated heterocycles. The van der Waals surface area contributed by atoms with Gasteiger partial charge in [0.1, 0.15) is 23.8 Å². The number of rotatable bonds is 4. The Bertz CT molecular complexity index is 991. The van der Waals surface area contributed by atoms with Gasteiger partial charge in [-0.15, -0.1) is 0 Å². The van der Waals surface area contributed by atoms with E-state index in [-0.39, 0.29) is 0 Å². The molecule has 1 saturated carbocycles. The fourth-order valence-corrected chi connectivity index (χ4v) is 3.86. The minimum atomic E-state index is 0.590. The lowest BCUT2D eigenvalue weighted by Crippen LogP contribution is -2.46. The van der Waals surface area contributed by atoms with Gasteiger partial charge < -0.3 is 14.7 Å². The van der Waals surface area contributed by atoms with Crippen LogP contribution >= 0.6 is 0 Å². The van der Waals surface area contributed by atoms with Gasteiger partial charge in [-0.25, -0.2) is 19.9 Å². The monoisotopic (exact) mass is 375 g/mol. The van der Waals surface area contributed by atoms with Gasteiger partial charge in [-0.3, -0.25) is 0 Å². The molecule has 2 fully saturated rings. The van der Waals surface area contributed by atoms with E-state index >= 15 is 0 Å². The summed E-state index contributed by atoms with van der Waals surface area (Å²) in [5.41, 5.74) is 2.21. The Labute approximate surface area is 165 Å². The van der Waals surface area contributed by atoms with Crippen LogP contribution in [0.4, 0.5) is 17.3 Å². The summed E-state index contributed by atoms with van der Waals surface area (Å²) in [4.78, 5) is 25.0. The van der Waals surface area contributed by atoms with Crippen LogP contribution in [0.25, 0.3) is 10.9 Å². The summed E-state index contributed by atoms with van der Waals surface area (Å²) in [6, 6.07) is 8.52.